The molecule has 186 valence electrons. The average molecular weight is 495 g/mol. The van der Waals surface area contributed by atoms with Crippen LogP contribution in [0.15, 0.2) is 48.8 Å². The van der Waals surface area contributed by atoms with Crippen LogP contribution in [0, 0.1) is 0 Å². The van der Waals surface area contributed by atoms with E-state index in [-0.39, 0.29) is 17.6 Å². The van der Waals surface area contributed by atoms with E-state index < -0.39 is 0 Å². The van der Waals surface area contributed by atoms with Crippen molar-refractivity contribution in [3.05, 3.63) is 65.7 Å². The molecule has 3 aliphatic heterocycles. The Morgan fingerprint density at radius 2 is 1.95 bits per heavy atom. The van der Waals surface area contributed by atoms with Gasteiger partial charge in [0.1, 0.15) is 17.9 Å². The van der Waals surface area contributed by atoms with Crippen LogP contribution in [-0.4, -0.2) is 74.3 Å². The van der Waals surface area contributed by atoms with E-state index in [1.165, 1.54) is 11.1 Å². The molecule has 1 aliphatic carbocycles. The highest BCUT2D eigenvalue weighted by Gasteiger charge is 2.45. The highest BCUT2D eigenvalue weighted by atomic mass is 16.5. The molecular formula is C27H26N8O2. The van der Waals surface area contributed by atoms with Crippen molar-refractivity contribution in [2.24, 2.45) is 0 Å². The lowest BCUT2D eigenvalue weighted by Gasteiger charge is -2.37. The van der Waals surface area contributed by atoms with E-state index in [1.54, 1.807) is 0 Å². The largest absolute Gasteiger partial charge is 0.371 e. The highest BCUT2D eigenvalue weighted by molar-refractivity contribution is 5.78. The summed E-state index contributed by atoms with van der Waals surface area (Å²) in [5, 5.41) is 2.92. The second-order valence-corrected chi connectivity index (χ2v) is 10.3. The number of piperazine rings is 1. The first-order valence-corrected chi connectivity index (χ1v) is 12.9. The standard InChI is InChI=1S/C27H26N8O2/c36-26-30-13-19-14-33(9-10-34(19)26)25-28-11-18(12-29-25)21-5-6-22-24(32-21)35-23(31-22)15-37-16-27(35)8-7-17-3-1-2-4-20(17)27/h1-6,11-12,19H,7-10,13-16H2,(H,30,36)/t19-,27?/m1/s1. The Balaban J connectivity index is 1.14. The first kappa shape index (κ1) is 21.1. The molecule has 0 saturated carbocycles. The van der Waals surface area contributed by atoms with Gasteiger partial charge in [-0.2, -0.15) is 0 Å². The second kappa shape index (κ2) is 7.72. The summed E-state index contributed by atoms with van der Waals surface area (Å²) in [4.78, 5) is 35.3. The van der Waals surface area contributed by atoms with Gasteiger partial charge in [-0.3, -0.25) is 4.57 Å². The van der Waals surface area contributed by atoms with Crippen LogP contribution in [0.1, 0.15) is 23.4 Å². The zero-order valence-corrected chi connectivity index (χ0v) is 20.3. The number of carbonyl (C=O) groups excluding carboxylic acids is 1. The van der Waals surface area contributed by atoms with Gasteiger partial charge in [-0.05, 0) is 36.1 Å². The number of hydrogen-bond donors (Lipinski definition) is 1. The lowest BCUT2D eigenvalue weighted by molar-refractivity contribution is 0.0225. The summed E-state index contributed by atoms with van der Waals surface area (Å²) in [5.74, 6) is 1.61. The van der Waals surface area contributed by atoms with Gasteiger partial charge < -0.3 is 19.9 Å². The molecule has 2 amide bonds. The molecule has 37 heavy (non-hydrogen) atoms. The summed E-state index contributed by atoms with van der Waals surface area (Å²) in [6.45, 7) is 3.92. The van der Waals surface area contributed by atoms with Crippen molar-refractivity contribution in [1.29, 1.82) is 0 Å². The number of imidazole rings is 1. The maximum atomic E-state index is 11.9. The minimum Gasteiger partial charge on any atom is -0.371 e. The zero-order valence-electron chi connectivity index (χ0n) is 20.3. The van der Waals surface area contributed by atoms with Crippen LogP contribution in [-0.2, 0) is 23.3 Å². The van der Waals surface area contributed by atoms with Crippen LogP contribution in [0.5, 0.6) is 0 Å². The van der Waals surface area contributed by atoms with Crippen molar-refractivity contribution in [2.75, 3.05) is 37.7 Å². The number of aromatic nitrogens is 5. The summed E-state index contributed by atoms with van der Waals surface area (Å²) in [5.41, 5.74) is 5.86. The Morgan fingerprint density at radius 1 is 1.05 bits per heavy atom. The summed E-state index contributed by atoms with van der Waals surface area (Å²) in [6, 6.07) is 12.9. The second-order valence-electron chi connectivity index (χ2n) is 10.3. The molecule has 6 heterocycles. The lowest BCUT2D eigenvalue weighted by atomic mass is 9.91. The number of amides is 2. The van der Waals surface area contributed by atoms with Crippen LogP contribution in [0.3, 0.4) is 0 Å². The van der Waals surface area contributed by atoms with Gasteiger partial charge >= 0.3 is 6.03 Å². The van der Waals surface area contributed by atoms with Crippen molar-refractivity contribution in [1.82, 2.24) is 34.7 Å². The predicted octanol–water partition coefficient (Wildman–Crippen LogP) is 2.32. The normalized spacial score (nSPS) is 24.3. The van der Waals surface area contributed by atoms with Crippen molar-refractivity contribution in [2.45, 2.75) is 31.0 Å². The van der Waals surface area contributed by atoms with Gasteiger partial charge in [-0.25, -0.2) is 24.7 Å². The summed E-state index contributed by atoms with van der Waals surface area (Å²) in [7, 11) is 0. The van der Waals surface area contributed by atoms with E-state index in [2.05, 4.69) is 49.0 Å². The number of benzene rings is 1. The maximum absolute atomic E-state index is 11.9. The predicted molar refractivity (Wildman–Crippen MR) is 136 cm³/mol. The van der Waals surface area contributed by atoms with E-state index in [1.807, 2.05) is 29.4 Å². The third kappa shape index (κ3) is 3.05. The number of carbonyl (C=O) groups is 1. The van der Waals surface area contributed by atoms with Gasteiger partial charge in [0.2, 0.25) is 5.95 Å². The number of hydrogen-bond acceptors (Lipinski definition) is 7. The van der Waals surface area contributed by atoms with E-state index in [9.17, 15) is 4.79 Å². The number of rotatable bonds is 2. The molecule has 1 spiro atoms. The van der Waals surface area contributed by atoms with Gasteiger partial charge in [0, 0.05) is 44.1 Å². The molecule has 4 aromatic rings. The molecular weight excluding hydrogens is 468 g/mol. The van der Waals surface area contributed by atoms with E-state index in [0.717, 1.165) is 54.2 Å². The van der Waals surface area contributed by atoms with Crippen molar-refractivity contribution >= 4 is 23.1 Å². The molecule has 4 aliphatic rings. The molecule has 0 bridgehead atoms. The van der Waals surface area contributed by atoms with Gasteiger partial charge in [0.25, 0.3) is 0 Å². The van der Waals surface area contributed by atoms with Crippen molar-refractivity contribution < 1.29 is 9.53 Å². The number of pyridine rings is 1. The Labute approximate surface area is 213 Å². The fourth-order valence-electron chi connectivity index (χ4n) is 6.54. The fraction of sp³-hybridized carbons (Fsp3) is 0.370. The molecule has 10 heteroatoms. The van der Waals surface area contributed by atoms with Crippen LogP contribution in [0.2, 0.25) is 0 Å². The van der Waals surface area contributed by atoms with Gasteiger partial charge in [0.15, 0.2) is 5.65 Å². The van der Waals surface area contributed by atoms with E-state index in [0.29, 0.717) is 32.3 Å². The highest BCUT2D eigenvalue weighted by Crippen LogP contribution is 2.45. The molecule has 2 saturated heterocycles. The first-order chi connectivity index (χ1) is 18.2. The topological polar surface area (TPSA) is 101 Å². The number of urea groups is 1. The average Bonchev–Trinajstić information content (AvgIpc) is 3.63. The number of ether oxygens (including phenoxy) is 1. The molecule has 1 N–H and O–H groups in total. The molecule has 1 aromatic carbocycles. The van der Waals surface area contributed by atoms with E-state index in [4.69, 9.17) is 14.7 Å². The molecule has 2 fully saturated rings. The SMILES string of the molecule is O=C1NC[C@@H]2CN(c3ncc(-c4ccc5nc6n(c5n4)C4(CCc5ccccc54)COC6)cn3)CCN12. The van der Waals surface area contributed by atoms with Gasteiger partial charge in [-0.15, -0.1) is 0 Å². The third-order valence-corrected chi connectivity index (χ3v) is 8.35. The monoisotopic (exact) mass is 494 g/mol. The number of aryl methyl sites for hydroxylation is 1. The fourth-order valence-corrected chi connectivity index (χ4v) is 6.54. The Kier molecular flexibility index (Phi) is 4.40. The molecule has 1 unspecified atom stereocenters. The Hall–Kier alpha value is -4.05. The summed E-state index contributed by atoms with van der Waals surface area (Å²) < 4.78 is 8.40. The molecule has 2 atom stereocenters. The van der Waals surface area contributed by atoms with Gasteiger partial charge in [-0.1, -0.05) is 24.3 Å². The number of nitrogens with zero attached hydrogens (tertiary/aromatic N) is 7. The Bertz CT molecular complexity index is 1550. The zero-order chi connectivity index (χ0) is 24.6. The minimum absolute atomic E-state index is 0.0267. The summed E-state index contributed by atoms with van der Waals surface area (Å²) in [6.07, 6.45) is 5.69. The molecule has 0 radical (unpaired) electrons. The number of nitrogens with one attached hydrogen (secondary N) is 1. The number of fused-ring (bicyclic) bond motifs is 7. The van der Waals surface area contributed by atoms with Crippen molar-refractivity contribution in [3.63, 3.8) is 0 Å². The third-order valence-electron chi connectivity index (χ3n) is 8.35. The van der Waals surface area contributed by atoms with Crippen LogP contribution in [0.4, 0.5) is 10.7 Å². The molecule has 8 rings (SSSR count). The minimum atomic E-state index is -0.274. The smallest absolute Gasteiger partial charge is 0.317 e. The maximum Gasteiger partial charge on any atom is 0.317 e. The van der Waals surface area contributed by atoms with E-state index >= 15 is 0 Å². The number of anilines is 1. The first-order valence-electron chi connectivity index (χ1n) is 12.9. The van der Waals surface area contributed by atoms with Crippen molar-refractivity contribution in [3.8, 4) is 11.3 Å². The van der Waals surface area contributed by atoms with Gasteiger partial charge in [0.05, 0.1) is 23.9 Å². The quantitative estimate of drug-likeness (QED) is 0.456. The summed E-state index contributed by atoms with van der Waals surface area (Å²) >= 11 is 0. The Morgan fingerprint density at radius 3 is 2.86 bits per heavy atom. The lowest BCUT2D eigenvalue weighted by Crippen LogP contribution is -2.52. The molecule has 10 nitrogen and oxygen atoms in total. The molecule has 3 aromatic heterocycles. The van der Waals surface area contributed by atoms with Crippen LogP contribution < -0.4 is 10.2 Å². The van der Waals surface area contributed by atoms with Crippen LogP contribution >= 0.6 is 0 Å². The van der Waals surface area contributed by atoms with Crippen LogP contribution in [0.25, 0.3) is 22.4 Å².